The summed E-state index contributed by atoms with van der Waals surface area (Å²) in [6, 6.07) is 0. The highest BCUT2D eigenvalue weighted by Crippen LogP contribution is 2.53. The Morgan fingerprint density at radius 1 is 1.09 bits per heavy atom. The number of rotatable bonds is 9. The summed E-state index contributed by atoms with van der Waals surface area (Å²) in [5, 5.41) is 2.42. The maximum Gasteiger partial charge on any atom is 0.396 e. The summed E-state index contributed by atoms with van der Waals surface area (Å²) in [7, 11) is -7.65. The van der Waals surface area contributed by atoms with Crippen molar-refractivity contribution >= 4 is 38.6 Å². The number of nitrogens with one attached hydrogen (secondary N) is 1. The molecule has 0 bridgehead atoms. The van der Waals surface area contributed by atoms with Crippen molar-refractivity contribution in [2.24, 2.45) is 13.0 Å². The average molecular weight is 718 g/mol. The van der Waals surface area contributed by atoms with E-state index in [0.717, 1.165) is 11.7 Å². The largest absolute Gasteiger partial charge is 0.462 e. The minimum Gasteiger partial charge on any atom is -0.462 e. The van der Waals surface area contributed by atoms with Gasteiger partial charge in [0.25, 0.3) is 15.7 Å². The lowest BCUT2D eigenvalue weighted by Gasteiger charge is -2.45. The Labute approximate surface area is 279 Å². The molecule has 0 saturated carbocycles. The van der Waals surface area contributed by atoms with E-state index in [9.17, 15) is 27.6 Å². The second-order valence-corrected chi connectivity index (χ2v) is 26.0. The van der Waals surface area contributed by atoms with Gasteiger partial charge in [-0.05, 0) is 49.1 Å². The summed E-state index contributed by atoms with van der Waals surface area (Å²) in [5.74, 6) is -2.29. The van der Waals surface area contributed by atoms with E-state index in [-0.39, 0.29) is 28.8 Å². The van der Waals surface area contributed by atoms with Gasteiger partial charge in [-0.15, -0.1) is 0 Å². The van der Waals surface area contributed by atoms with E-state index in [1.54, 1.807) is 0 Å². The number of hydrogen-bond donors (Lipinski definition) is 1. The van der Waals surface area contributed by atoms with Crippen LogP contribution in [0.25, 0.3) is 0 Å². The molecule has 1 saturated heterocycles. The lowest BCUT2D eigenvalue weighted by Crippen LogP contribution is -2.60. The van der Waals surface area contributed by atoms with E-state index in [2.05, 4.69) is 37.7 Å². The molecule has 1 amide bonds. The summed E-state index contributed by atoms with van der Waals surface area (Å²) in [5.41, 5.74) is -3.50. The summed E-state index contributed by atoms with van der Waals surface area (Å²) in [4.78, 5) is 51.5. The predicted octanol–water partition coefficient (Wildman–Crippen LogP) is 3.03. The van der Waals surface area contributed by atoms with Crippen LogP contribution in [-0.2, 0) is 49.3 Å². The van der Waals surface area contributed by atoms with Crippen LogP contribution in [0.2, 0.25) is 36.3 Å². The minimum atomic E-state index is -4.52. The van der Waals surface area contributed by atoms with Gasteiger partial charge in [-0.25, -0.2) is 13.8 Å². The third kappa shape index (κ3) is 7.02. The second kappa shape index (κ2) is 12.8. The normalized spacial score (nSPS) is 24.9. The molecule has 1 aromatic heterocycles. The quantitative estimate of drug-likeness (QED) is 0.172. The van der Waals surface area contributed by atoms with Crippen molar-refractivity contribution in [3.05, 3.63) is 43.7 Å². The highest BCUT2D eigenvalue weighted by Gasteiger charge is 2.68. The molecule has 1 spiro atoms. The highest BCUT2D eigenvalue weighted by molar-refractivity contribution is 7.90. The second-order valence-electron chi connectivity index (χ2n) is 15.2. The molecule has 3 heterocycles. The lowest BCUT2D eigenvalue weighted by atomic mass is 9.89. The zero-order valence-electron chi connectivity index (χ0n) is 30.0. The molecule has 2 aliphatic heterocycles. The summed E-state index contributed by atoms with van der Waals surface area (Å²) < 4.78 is 59.5. The highest BCUT2D eigenvalue weighted by atomic mass is 32.2. The Kier molecular flexibility index (Phi) is 10.6. The molecule has 1 N–H and O–H groups in total. The molecule has 266 valence electrons. The third-order valence-corrected chi connectivity index (χ3v) is 20.7. The SMILES string of the molecule is COC(=O)C(=O)NC1=CS(=O)(=O)O[C@@]12[C@@H](CO[Si](C)(C)C(C)(C)C(C)C)O[C@@H](n1cc(C)c(=O)n(C)c1=O)[C@@H]2O[Si](C)(C)C(C)(C)C. The Morgan fingerprint density at radius 3 is 2.17 bits per heavy atom. The van der Waals surface area contributed by atoms with E-state index in [0.29, 0.717) is 5.41 Å². The first kappa shape index (κ1) is 39.0. The molecule has 0 aromatic carbocycles. The number of aryl methyl sites for hydroxylation is 1. The molecule has 0 radical (unpaired) electrons. The van der Waals surface area contributed by atoms with Crippen LogP contribution < -0.4 is 16.6 Å². The van der Waals surface area contributed by atoms with Crippen molar-refractivity contribution in [3.63, 3.8) is 0 Å². The van der Waals surface area contributed by atoms with Crippen molar-refractivity contribution in [2.75, 3.05) is 13.7 Å². The first-order chi connectivity index (χ1) is 21.2. The van der Waals surface area contributed by atoms with Crippen LogP contribution in [0.4, 0.5) is 0 Å². The van der Waals surface area contributed by atoms with Crippen LogP contribution in [0, 0.1) is 12.8 Å². The standard InChI is InChI=1S/C30H51N3O11SSi2/c1-18(2)29(7,8)47(13,14)41-16-21-30(20(17-45(38,39)44-30)31-23(34)26(36)40-10)22(43-46(11,12)28(4,5)6)25(42-21)33-15-19(3)24(35)32(9)27(33)37/h15,17-18,21-22,25H,16H2,1-14H3,(H,31,34)/t21-,22+,25-,30-/m1/s1. The van der Waals surface area contributed by atoms with Gasteiger partial charge in [0.1, 0.15) is 12.2 Å². The molecule has 17 heteroatoms. The van der Waals surface area contributed by atoms with Crippen molar-refractivity contribution in [2.45, 2.75) is 116 Å². The Balaban J connectivity index is 2.38. The Hall–Kier alpha value is -2.42. The fourth-order valence-electron chi connectivity index (χ4n) is 5.26. The maximum atomic E-state index is 13.7. The number of carbonyl (C=O) groups is 2. The van der Waals surface area contributed by atoms with E-state index in [4.69, 9.17) is 17.8 Å². The van der Waals surface area contributed by atoms with E-state index < -0.39 is 79.0 Å². The monoisotopic (exact) mass is 717 g/mol. The topological polar surface area (TPSA) is 170 Å². The molecule has 2 aliphatic rings. The fourth-order valence-corrected chi connectivity index (χ4v) is 10.1. The number of carbonyl (C=O) groups excluding carboxylic acids is 2. The van der Waals surface area contributed by atoms with Gasteiger partial charge in [-0.2, -0.15) is 8.42 Å². The predicted molar refractivity (Wildman–Crippen MR) is 180 cm³/mol. The van der Waals surface area contributed by atoms with Crippen molar-refractivity contribution in [1.82, 2.24) is 14.5 Å². The molecule has 47 heavy (non-hydrogen) atoms. The first-order valence-corrected chi connectivity index (χ1v) is 22.8. The molecule has 3 rings (SSSR count). The van der Waals surface area contributed by atoms with Gasteiger partial charge in [-0.1, -0.05) is 48.5 Å². The van der Waals surface area contributed by atoms with Gasteiger partial charge in [0.15, 0.2) is 28.5 Å². The molecular formula is C30H51N3O11SSi2. The van der Waals surface area contributed by atoms with Crippen molar-refractivity contribution in [3.8, 4) is 0 Å². The zero-order valence-corrected chi connectivity index (χ0v) is 32.8. The van der Waals surface area contributed by atoms with E-state index >= 15 is 0 Å². The Morgan fingerprint density at radius 2 is 1.66 bits per heavy atom. The maximum absolute atomic E-state index is 13.7. The van der Waals surface area contributed by atoms with Gasteiger partial charge in [0, 0.05) is 18.8 Å². The summed E-state index contributed by atoms with van der Waals surface area (Å²) >= 11 is 0. The van der Waals surface area contributed by atoms with Crippen LogP contribution in [-0.4, -0.2) is 77.6 Å². The van der Waals surface area contributed by atoms with Gasteiger partial charge >= 0.3 is 17.6 Å². The van der Waals surface area contributed by atoms with Gasteiger partial charge in [0.05, 0.1) is 24.8 Å². The molecule has 1 fully saturated rings. The number of aromatic nitrogens is 2. The smallest absolute Gasteiger partial charge is 0.396 e. The molecular weight excluding hydrogens is 667 g/mol. The summed E-state index contributed by atoms with van der Waals surface area (Å²) in [6.07, 6.45) is -2.71. The Bertz CT molecular complexity index is 1670. The number of esters is 1. The van der Waals surface area contributed by atoms with Crippen LogP contribution in [0.3, 0.4) is 0 Å². The van der Waals surface area contributed by atoms with Crippen LogP contribution in [0.1, 0.15) is 60.3 Å². The molecule has 1 aromatic rings. The lowest BCUT2D eigenvalue weighted by molar-refractivity contribution is -0.152. The van der Waals surface area contributed by atoms with Crippen LogP contribution >= 0.6 is 0 Å². The van der Waals surface area contributed by atoms with Crippen molar-refractivity contribution in [1.29, 1.82) is 0 Å². The van der Waals surface area contributed by atoms with Crippen LogP contribution in [0.5, 0.6) is 0 Å². The van der Waals surface area contributed by atoms with Gasteiger partial charge in [0.2, 0.25) is 0 Å². The number of amides is 1. The zero-order chi connectivity index (χ0) is 36.3. The number of methoxy groups -OCH3 is 1. The van der Waals surface area contributed by atoms with Gasteiger partial charge in [-0.3, -0.25) is 18.7 Å². The van der Waals surface area contributed by atoms with Crippen molar-refractivity contribution < 1.29 is 40.5 Å². The average Bonchev–Trinajstić information content (AvgIpc) is 3.38. The first-order valence-electron chi connectivity index (χ1n) is 15.5. The summed E-state index contributed by atoms with van der Waals surface area (Å²) in [6.45, 7) is 23.6. The molecule has 0 unspecified atom stereocenters. The number of hydrogen-bond acceptors (Lipinski definition) is 11. The number of ether oxygens (including phenoxy) is 2. The fraction of sp³-hybridized carbons (Fsp3) is 0.733. The van der Waals surface area contributed by atoms with Crippen LogP contribution in [0.15, 0.2) is 26.9 Å². The molecule has 14 nitrogen and oxygen atoms in total. The minimum absolute atomic E-state index is 0.219. The van der Waals surface area contributed by atoms with Gasteiger partial charge < -0.3 is 23.6 Å². The van der Waals surface area contributed by atoms with E-state index in [1.807, 2.05) is 47.0 Å². The number of nitrogens with zero attached hydrogens (tertiary/aromatic N) is 2. The molecule has 0 aliphatic carbocycles. The van der Waals surface area contributed by atoms with E-state index in [1.165, 1.54) is 24.7 Å². The molecule has 4 atom stereocenters. The third-order valence-electron chi connectivity index (χ3n) is 10.6.